The molecule has 8 heteroatoms. The molecule has 0 aliphatic rings. The van der Waals surface area contributed by atoms with Crippen LogP contribution in [0.2, 0.25) is 0 Å². The maximum atomic E-state index is 14.4. The molecule has 57 heavy (non-hydrogen) atoms. The van der Waals surface area contributed by atoms with Crippen molar-refractivity contribution in [1.29, 1.82) is 0 Å². The van der Waals surface area contributed by atoms with E-state index >= 15 is 0 Å². The Kier molecular flexibility index (Phi) is 13.5. The van der Waals surface area contributed by atoms with Gasteiger partial charge in [0, 0.05) is 14.2 Å². The van der Waals surface area contributed by atoms with Crippen molar-refractivity contribution < 1.29 is 29.3 Å². The van der Waals surface area contributed by atoms with Crippen molar-refractivity contribution in [3.8, 4) is 44.5 Å². The largest absolute Gasteiger partial charge is 0.388 e. The second kappa shape index (κ2) is 18.8. The minimum atomic E-state index is -1.66. The number of ether oxygens (including phenoxy) is 2. The van der Waals surface area contributed by atoms with E-state index in [2.05, 4.69) is 22.8 Å². The molecule has 0 saturated carbocycles. The number of nitrogens with one attached hydrogen (secondary N) is 2. The second-order valence-corrected chi connectivity index (χ2v) is 14.7. The Labute approximate surface area is 335 Å². The van der Waals surface area contributed by atoms with Crippen LogP contribution in [0.25, 0.3) is 44.5 Å². The Morgan fingerprint density at radius 3 is 0.982 bits per heavy atom. The van der Waals surface area contributed by atoms with Gasteiger partial charge in [-0.25, -0.2) is 0 Å². The summed E-state index contributed by atoms with van der Waals surface area (Å²) in [4.78, 5) is 28.8. The van der Waals surface area contributed by atoms with Crippen LogP contribution >= 0.6 is 0 Å². The summed E-state index contributed by atoms with van der Waals surface area (Å²) in [5.74, 6) is -1.23. The molecule has 0 fully saturated rings. The van der Waals surface area contributed by atoms with Gasteiger partial charge < -0.3 is 30.3 Å². The van der Waals surface area contributed by atoms with Gasteiger partial charge in [0.25, 0.3) is 0 Å². The number of aliphatic hydroxyl groups excluding tert-OH is 2. The van der Waals surface area contributed by atoms with E-state index in [0.29, 0.717) is 11.1 Å². The Balaban J connectivity index is 1.35. The first-order valence-electron chi connectivity index (χ1n) is 19.1. The molecule has 0 heterocycles. The maximum absolute atomic E-state index is 14.4. The molecule has 0 aliphatic heterocycles. The summed E-state index contributed by atoms with van der Waals surface area (Å²) in [5.41, 5.74) is 7.09. The Morgan fingerprint density at radius 2 is 0.737 bits per heavy atom. The van der Waals surface area contributed by atoms with E-state index < -0.39 is 41.5 Å². The summed E-state index contributed by atoms with van der Waals surface area (Å²) < 4.78 is 10.7. The molecule has 6 rings (SSSR count). The highest BCUT2D eigenvalue weighted by Gasteiger charge is 2.40. The number of hydrogen-bond acceptors (Lipinski definition) is 6. The van der Waals surface area contributed by atoms with Gasteiger partial charge in [0.15, 0.2) is 0 Å². The van der Waals surface area contributed by atoms with Gasteiger partial charge in [-0.3, -0.25) is 9.59 Å². The standard InChI is InChI=1S/C49H50N2O6/c1-49(2,47(54)50-45(43(52)31-56-3)41-27-37(33-17-9-5-10-18-33)25-38(28-41)34-19-11-6-12-20-34)48(55)51-46(44(53)32-57-4)42-29-39(35-21-13-7-14-22-35)26-40(30-42)36-23-15-8-16-24-36/h5-30,43-46,52-53H,31-32H2,1-4H3,(H,50,54)(H,51,55)/t43-,44-,45+,46+/m0/s1. The van der Waals surface area contributed by atoms with Crippen LogP contribution in [0.5, 0.6) is 0 Å². The molecule has 0 aliphatic carbocycles. The van der Waals surface area contributed by atoms with Crippen molar-refractivity contribution in [2.24, 2.45) is 5.41 Å². The zero-order valence-corrected chi connectivity index (χ0v) is 32.8. The first kappa shape index (κ1) is 40.8. The normalized spacial score (nSPS) is 13.6. The van der Waals surface area contributed by atoms with Gasteiger partial charge in [0.05, 0.1) is 25.3 Å². The number of carbonyl (C=O) groups is 2. The molecular formula is C49H50N2O6. The highest BCUT2D eigenvalue weighted by Crippen LogP contribution is 2.35. The molecule has 0 saturated heterocycles. The molecule has 0 unspecified atom stereocenters. The predicted octanol–water partition coefficient (Wildman–Crippen LogP) is 8.41. The van der Waals surface area contributed by atoms with Crippen LogP contribution in [0.3, 0.4) is 0 Å². The lowest BCUT2D eigenvalue weighted by Crippen LogP contribution is -2.52. The molecule has 8 nitrogen and oxygen atoms in total. The van der Waals surface area contributed by atoms with E-state index in [-0.39, 0.29) is 13.2 Å². The maximum Gasteiger partial charge on any atom is 0.235 e. The molecule has 6 aromatic rings. The number of amides is 2. The molecule has 6 aromatic carbocycles. The molecule has 0 radical (unpaired) electrons. The molecule has 0 aromatic heterocycles. The smallest absolute Gasteiger partial charge is 0.235 e. The third-order valence-electron chi connectivity index (χ3n) is 10.2. The molecule has 4 atom stereocenters. The van der Waals surface area contributed by atoms with Crippen LogP contribution in [0, 0.1) is 5.41 Å². The topological polar surface area (TPSA) is 117 Å². The van der Waals surface area contributed by atoms with Gasteiger partial charge in [0.1, 0.15) is 17.6 Å². The van der Waals surface area contributed by atoms with Gasteiger partial charge in [0.2, 0.25) is 11.8 Å². The first-order chi connectivity index (χ1) is 27.6. The Hall–Kier alpha value is -5.90. The van der Waals surface area contributed by atoms with Crippen LogP contribution in [0.15, 0.2) is 158 Å². The minimum absolute atomic E-state index is 0.0689. The van der Waals surface area contributed by atoms with Crippen LogP contribution in [0.1, 0.15) is 37.1 Å². The monoisotopic (exact) mass is 762 g/mol. The van der Waals surface area contributed by atoms with Gasteiger partial charge >= 0.3 is 0 Å². The van der Waals surface area contributed by atoms with Crippen molar-refractivity contribution in [3.63, 3.8) is 0 Å². The van der Waals surface area contributed by atoms with E-state index in [1.54, 1.807) is 0 Å². The Bertz CT molecular complexity index is 1960. The molecule has 0 bridgehead atoms. The second-order valence-electron chi connectivity index (χ2n) is 14.7. The Morgan fingerprint density at radius 1 is 0.474 bits per heavy atom. The van der Waals surface area contributed by atoms with Crippen molar-refractivity contribution in [2.75, 3.05) is 27.4 Å². The van der Waals surface area contributed by atoms with E-state index in [4.69, 9.17) is 9.47 Å². The molecular weight excluding hydrogens is 713 g/mol. The van der Waals surface area contributed by atoms with Crippen LogP contribution in [-0.4, -0.2) is 61.7 Å². The van der Waals surface area contributed by atoms with Crippen molar-refractivity contribution in [1.82, 2.24) is 10.6 Å². The van der Waals surface area contributed by atoms with E-state index in [1.807, 2.05) is 146 Å². The summed E-state index contributed by atoms with van der Waals surface area (Å²) in [6, 6.07) is 49.6. The van der Waals surface area contributed by atoms with E-state index in [1.165, 1.54) is 28.1 Å². The van der Waals surface area contributed by atoms with Crippen LogP contribution in [0.4, 0.5) is 0 Å². The SMILES string of the molecule is COC[C@H](O)[C@H](NC(=O)C(C)(C)C(=O)N[C@H](c1cc(-c2ccccc2)cc(-c2ccccc2)c1)[C@@H](O)COC)c1cc(-c2ccccc2)cc(-c2ccccc2)c1. The van der Waals surface area contributed by atoms with Gasteiger partial charge in [-0.1, -0.05) is 121 Å². The minimum Gasteiger partial charge on any atom is -0.388 e. The fourth-order valence-electron chi connectivity index (χ4n) is 6.94. The third kappa shape index (κ3) is 9.92. The summed E-state index contributed by atoms with van der Waals surface area (Å²) in [5, 5.41) is 29.1. The summed E-state index contributed by atoms with van der Waals surface area (Å²) in [6.45, 7) is 2.92. The number of rotatable bonds is 16. The highest BCUT2D eigenvalue weighted by molar-refractivity contribution is 6.04. The molecule has 0 spiro atoms. The fraction of sp³-hybridized carbons (Fsp3) is 0.224. The first-order valence-corrected chi connectivity index (χ1v) is 19.1. The quantitative estimate of drug-likeness (QED) is 0.0737. The third-order valence-corrected chi connectivity index (χ3v) is 10.2. The zero-order chi connectivity index (χ0) is 40.4. The summed E-state index contributed by atoms with van der Waals surface area (Å²) >= 11 is 0. The molecule has 292 valence electrons. The summed E-state index contributed by atoms with van der Waals surface area (Å²) in [7, 11) is 2.97. The predicted molar refractivity (Wildman–Crippen MR) is 226 cm³/mol. The van der Waals surface area contributed by atoms with E-state index in [9.17, 15) is 19.8 Å². The van der Waals surface area contributed by atoms with Crippen molar-refractivity contribution in [2.45, 2.75) is 38.1 Å². The number of hydrogen-bond donors (Lipinski definition) is 4. The average Bonchev–Trinajstić information content (AvgIpc) is 3.25. The van der Waals surface area contributed by atoms with Gasteiger partial charge in [-0.05, 0) is 106 Å². The molecule has 4 N–H and O–H groups in total. The average molecular weight is 763 g/mol. The van der Waals surface area contributed by atoms with Crippen molar-refractivity contribution >= 4 is 11.8 Å². The van der Waals surface area contributed by atoms with Crippen LogP contribution in [-0.2, 0) is 19.1 Å². The number of methoxy groups -OCH3 is 2. The van der Waals surface area contributed by atoms with Gasteiger partial charge in [-0.15, -0.1) is 0 Å². The zero-order valence-electron chi connectivity index (χ0n) is 32.8. The number of benzene rings is 6. The molecule has 2 amide bonds. The number of aliphatic hydroxyl groups is 2. The van der Waals surface area contributed by atoms with E-state index in [0.717, 1.165) is 44.5 Å². The summed E-state index contributed by atoms with van der Waals surface area (Å²) in [6.07, 6.45) is -2.30. The number of carbonyl (C=O) groups excluding carboxylic acids is 2. The lowest BCUT2D eigenvalue weighted by atomic mass is 9.87. The van der Waals surface area contributed by atoms with Gasteiger partial charge in [-0.2, -0.15) is 0 Å². The van der Waals surface area contributed by atoms with Crippen molar-refractivity contribution in [3.05, 3.63) is 169 Å². The fourth-order valence-corrected chi connectivity index (χ4v) is 6.94. The highest BCUT2D eigenvalue weighted by atomic mass is 16.5. The lowest BCUT2D eigenvalue weighted by molar-refractivity contribution is -0.143. The van der Waals surface area contributed by atoms with Crippen LogP contribution < -0.4 is 10.6 Å². The lowest BCUT2D eigenvalue weighted by Gasteiger charge is -2.32.